The van der Waals surface area contributed by atoms with Crippen LogP contribution in [-0.4, -0.2) is 61.5 Å². The van der Waals surface area contributed by atoms with E-state index < -0.39 is 0 Å². The molecule has 0 unspecified atom stereocenters. The number of nitrogens with zero attached hydrogens (tertiary/aromatic N) is 2. The van der Waals surface area contributed by atoms with Gasteiger partial charge in [-0.15, -0.1) is 0 Å². The van der Waals surface area contributed by atoms with Gasteiger partial charge in [0.1, 0.15) is 0 Å². The molecule has 0 spiro atoms. The number of nitrogens with one attached hydrogen (secondary N) is 1. The van der Waals surface area contributed by atoms with Gasteiger partial charge >= 0.3 is 0 Å². The molecule has 2 rings (SSSR count). The highest BCUT2D eigenvalue weighted by atomic mass is 16.2. The molecule has 2 fully saturated rings. The molecular formula is C17H33N3O. The van der Waals surface area contributed by atoms with Gasteiger partial charge in [0.15, 0.2) is 0 Å². The van der Waals surface area contributed by atoms with Crippen molar-refractivity contribution in [2.24, 2.45) is 5.92 Å². The average Bonchev–Trinajstić information content (AvgIpc) is 2.51. The van der Waals surface area contributed by atoms with Crippen LogP contribution in [0.15, 0.2) is 0 Å². The lowest BCUT2D eigenvalue weighted by atomic mass is 9.94. The summed E-state index contributed by atoms with van der Waals surface area (Å²) in [4.78, 5) is 17.1. The van der Waals surface area contributed by atoms with E-state index in [0.717, 1.165) is 32.1 Å². The molecule has 4 nitrogen and oxygen atoms in total. The van der Waals surface area contributed by atoms with Crippen molar-refractivity contribution in [1.82, 2.24) is 15.1 Å². The summed E-state index contributed by atoms with van der Waals surface area (Å²) in [6.45, 7) is 6.92. The van der Waals surface area contributed by atoms with Gasteiger partial charge in [0, 0.05) is 12.6 Å². The van der Waals surface area contributed by atoms with Gasteiger partial charge in [-0.05, 0) is 65.2 Å². The molecule has 1 N–H and O–H groups in total. The van der Waals surface area contributed by atoms with Gasteiger partial charge in [-0.2, -0.15) is 0 Å². The summed E-state index contributed by atoms with van der Waals surface area (Å²) in [5, 5.41) is 3.27. The van der Waals surface area contributed by atoms with Crippen molar-refractivity contribution in [3.8, 4) is 0 Å². The number of likely N-dealkylation sites (tertiary alicyclic amines) is 1. The van der Waals surface area contributed by atoms with Crippen molar-refractivity contribution < 1.29 is 4.79 Å². The monoisotopic (exact) mass is 295 g/mol. The smallest absolute Gasteiger partial charge is 0.236 e. The van der Waals surface area contributed by atoms with E-state index in [4.69, 9.17) is 0 Å². The number of hydrogen-bond acceptors (Lipinski definition) is 3. The summed E-state index contributed by atoms with van der Waals surface area (Å²) in [5.74, 6) is 1.15. The Labute approximate surface area is 130 Å². The second-order valence-corrected chi connectivity index (χ2v) is 6.75. The Balaban J connectivity index is 1.77. The van der Waals surface area contributed by atoms with Crippen molar-refractivity contribution in [3.05, 3.63) is 0 Å². The largest absolute Gasteiger partial charge is 0.339 e. The molecule has 0 atom stereocenters. The summed E-state index contributed by atoms with van der Waals surface area (Å²) < 4.78 is 0. The molecule has 2 aliphatic rings. The van der Waals surface area contributed by atoms with E-state index in [1.165, 1.54) is 44.9 Å². The van der Waals surface area contributed by atoms with E-state index in [1.54, 1.807) is 0 Å². The van der Waals surface area contributed by atoms with Crippen molar-refractivity contribution in [2.75, 3.05) is 39.8 Å². The Kier molecular flexibility index (Phi) is 6.97. The number of carbonyl (C=O) groups excluding carboxylic acids is 1. The summed E-state index contributed by atoms with van der Waals surface area (Å²) in [7, 11) is 2.03. The van der Waals surface area contributed by atoms with Crippen LogP contribution in [0.3, 0.4) is 0 Å². The van der Waals surface area contributed by atoms with Crippen LogP contribution >= 0.6 is 0 Å². The van der Waals surface area contributed by atoms with Crippen molar-refractivity contribution in [2.45, 2.75) is 57.9 Å². The van der Waals surface area contributed by atoms with Gasteiger partial charge in [-0.25, -0.2) is 0 Å². The fourth-order valence-electron chi connectivity index (χ4n) is 3.95. The maximum absolute atomic E-state index is 12.6. The molecule has 0 aromatic rings. The van der Waals surface area contributed by atoms with Crippen LogP contribution in [0.5, 0.6) is 0 Å². The average molecular weight is 295 g/mol. The number of likely N-dealkylation sites (N-methyl/N-ethyl adjacent to an activating group) is 1. The fourth-order valence-corrected chi connectivity index (χ4v) is 3.95. The highest BCUT2D eigenvalue weighted by Crippen LogP contribution is 2.23. The van der Waals surface area contributed by atoms with E-state index in [9.17, 15) is 4.79 Å². The van der Waals surface area contributed by atoms with E-state index in [-0.39, 0.29) is 0 Å². The molecular weight excluding hydrogens is 262 g/mol. The minimum atomic E-state index is 0.358. The van der Waals surface area contributed by atoms with Crippen molar-refractivity contribution in [3.63, 3.8) is 0 Å². The molecule has 4 heteroatoms. The summed E-state index contributed by atoms with van der Waals surface area (Å²) >= 11 is 0. The van der Waals surface area contributed by atoms with E-state index in [0.29, 0.717) is 18.5 Å². The van der Waals surface area contributed by atoms with Gasteiger partial charge in [-0.1, -0.05) is 19.3 Å². The highest BCUT2D eigenvalue weighted by molar-refractivity contribution is 5.78. The highest BCUT2D eigenvalue weighted by Gasteiger charge is 2.26. The minimum Gasteiger partial charge on any atom is -0.339 e. The molecule has 1 saturated carbocycles. The second-order valence-electron chi connectivity index (χ2n) is 6.75. The lowest BCUT2D eigenvalue weighted by Gasteiger charge is -2.37. The predicted octanol–water partition coefficient (Wildman–Crippen LogP) is 2.10. The quantitative estimate of drug-likeness (QED) is 0.815. The zero-order valence-electron chi connectivity index (χ0n) is 13.9. The van der Waals surface area contributed by atoms with Gasteiger partial charge in [0.05, 0.1) is 6.54 Å². The third-order valence-electron chi connectivity index (χ3n) is 5.24. The van der Waals surface area contributed by atoms with E-state index >= 15 is 0 Å². The number of rotatable bonds is 6. The number of hydrogen-bond donors (Lipinski definition) is 1. The SMILES string of the molecule is CCN(C(=O)CN1CCC(CNC)CC1)C1CCCCC1. The third kappa shape index (κ3) is 4.96. The van der Waals surface area contributed by atoms with Gasteiger partial charge < -0.3 is 10.2 Å². The molecule has 1 heterocycles. The number of amides is 1. The first kappa shape index (κ1) is 16.8. The lowest BCUT2D eigenvalue weighted by molar-refractivity contribution is -0.135. The predicted molar refractivity (Wildman–Crippen MR) is 87.4 cm³/mol. The van der Waals surface area contributed by atoms with Crippen LogP contribution in [0.4, 0.5) is 0 Å². The minimum absolute atomic E-state index is 0.358. The molecule has 1 aliphatic heterocycles. The standard InChI is InChI=1S/C17H33N3O/c1-3-20(16-7-5-4-6-8-16)17(21)14-19-11-9-15(10-12-19)13-18-2/h15-16,18H,3-14H2,1-2H3. The molecule has 21 heavy (non-hydrogen) atoms. The normalized spacial score (nSPS) is 22.4. The van der Waals surface area contributed by atoms with Crippen molar-refractivity contribution in [1.29, 1.82) is 0 Å². The van der Waals surface area contributed by atoms with Crippen LogP contribution in [0, 0.1) is 5.92 Å². The second kappa shape index (κ2) is 8.74. The molecule has 1 aliphatic carbocycles. The Hall–Kier alpha value is -0.610. The molecule has 0 bridgehead atoms. The van der Waals surface area contributed by atoms with E-state index in [2.05, 4.69) is 22.0 Å². The Morgan fingerprint density at radius 1 is 1.14 bits per heavy atom. The maximum Gasteiger partial charge on any atom is 0.236 e. The first-order chi connectivity index (χ1) is 10.2. The Morgan fingerprint density at radius 3 is 2.38 bits per heavy atom. The zero-order chi connectivity index (χ0) is 15.1. The van der Waals surface area contributed by atoms with E-state index in [1.807, 2.05) is 7.05 Å². The molecule has 122 valence electrons. The lowest BCUT2D eigenvalue weighted by Crippen LogP contribution is -2.48. The summed E-state index contributed by atoms with van der Waals surface area (Å²) in [6.07, 6.45) is 8.82. The third-order valence-corrected chi connectivity index (χ3v) is 5.24. The molecule has 1 saturated heterocycles. The number of piperidine rings is 1. The fraction of sp³-hybridized carbons (Fsp3) is 0.941. The summed E-state index contributed by atoms with van der Waals surface area (Å²) in [5.41, 5.74) is 0. The van der Waals surface area contributed by atoms with Crippen LogP contribution < -0.4 is 5.32 Å². The van der Waals surface area contributed by atoms with Crippen LogP contribution in [0.1, 0.15) is 51.9 Å². The molecule has 0 aromatic heterocycles. The number of carbonyl (C=O) groups is 1. The van der Waals surface area contributed by atoms with Crippen LogP contribution in [-0.2, 0) is 4.79 Å². The first-order valence-corrected chi connectivity index (χ1v) is 8.91. The van der Waals surface area contributed by atoms with Crippen LogP contribution in [0.25, 0.3) is 0 Å². The van der Waals surface area contributed by atoms with Gasteiger partial charge in [0.25, 0.3) is 0 Å². The topological polar surface area (TPSA) is 35.6 Å². The maximum atomic E-state index is 12.6. The Bertz CT molecular complexity index is 307. The summed E-state index contributed by atoms with van der Waals surface area (Å²) in [6, 6.07) is 0.512. The molecule has 0 aromatic carbocycles. The molecule has 1 amide bonds. The first-order valence-electron chi connectivity index (χ1n) is 8.91. The molecule has 0 radical (unpaired) electrons. The van der Waals surface area contributed by atoms with Crippen molar-refractivity contribution >= 4 is 5.91 Å². The van der Waals surface area contributed by atoms with Crippen LogP contribution in [0.2, 0.25) is 0 Å². The Morgan fingerprint density at radius 2 is 1.81 bits per heavy atom. The van der Waals surface area contributed by atoms with Gasteiger partial charge in [-0.3, -0.25) is 9.69 Å². The zero-order valence-corrected chi connectivity index (χ0v) is 13.9. The van der Waals surface area contributed by atoms with Gasteiger partial charge in [0.2, 0.25) is 5.91 Å².